The number of hydrogen-bond acceptors (Lipinski definition) is 2. The molecule has 0 amide bonds. The molecule has 212 valence electrons. The molecule has 0 atom stereocenters. The monoisotopic (exact) mass is 624 g/mol. The lowest BCUT2D eigenvalue weighted by atomic mass is 9.81. The molecule has 0 aliphatic heterocycles. The summed E-state index contributed by atoms with van der Waals surface area (Å²) in [4.78, 5) is 0. The van der Waals surface area contributed by atoms with E-state index in [2.05, 4.69) is 131 Å². The van der Waals surface area contributed by atoms with Gasteiger partial charge in [0.1, 0.15) is 0 Å². The minimum absolute atomic E-state index is 0. The highest BCUT2D eigenvalue weighted by Gasteiger charge is 2.18. The van der Waals surface area contributed by atoms with Gasteiger partial charge in [0.25, 0.3) is 0 Å². The average Bonchev–Trinajstić information content (AvgIpc) is 3.60. The summed E-state index contributed by atoms with van der Waals surface area (Å²) in [6.07, 6.45) is 2.15. The van der Waals surface area contributed by atoms with Crippen LogP contribution in [0.5, 0.6) is 0 Å². The van der Waals surface area contributed by atoms with Crippen molar-refractivity contribution in [3.05, 3.63) is 172 Å². The maximum absolute atomic E-state index is 8.58. The molecule has 0 spiro atoms. The summed E-state index contributed by atoms with van der Waals surface area (Å²) in [6, 6.07) is 50.0. The first-order valence-electron chi connectivity index (χ1n) is 14.1. The molecule has 0 fully saturated rings. The van der Waals surface area contributed by atoms with Gasteiger partial charge in [-0.15, -0.1) is 0 Å². The van der Waals surface area contributed by atoms with Crippen LogP contribution < -0.4 is 5.46 Å². The van der Waals surface area contributed by atoms with Gasteiger partial charge in [-0.25, -0.2) is 0 Å². The lowest BCUT2D eigenvalue weighted by Gasteiger charge is -2.06. The smallest absolute Gasteiger partial charge is 0.423 e. The average molecular weight is 625 g/mol. The van der Waals surface area contributed by atoms with Crippen LogP contribution in [0.3, 0.4) is 0 Å². The number of hydrogen-bond donors (Lipinski definition) is 2. The van der Waals surface area contributed by atoms with Gasteiger partial charge in [-0.1, -0.05) is 151 Å². The highest BCUT2D eigenvalue weighted by Crippen LogP contribution is 2.39. The Morgan fingerprint density at radius 1 is 0.442 bits per heavy atom. The number of fused-ring (bicyclic) bond motifs is 6. The summed E-state index contributed by atoms with van der Waals surface area (Å²) >= 11 is 3.52. The predicted octanol–water partition coefficient (Wildman–Crippen LogP) is 8.95. The van der Waals surface area contributed by atoms with E-state index in [0.717, 1.165) is 17.3 Å². The van der Waals surface area contributed by atoms with Crippen molar-refractivity contribution in [3.8, 4) is 33.4 Å². The van der Waals surface area contributed by atoms with E-state index >= 15 is 0 Å². The van der Waals surface area contributed by atoms with Gasteiger partial charge in [0.2, 0.25) is 0 Å². The Hall–Kier alpha value is -4.22. The molecule has 6 aromatic rings. The number of halogens is 1. The quantitative estimate of drug-likeness (QED) is 0.189. The fourth-order valence-electron chi connectivity index (χ4n) is 5.66. The normalized spacial score (nSPS) is 11.2. The Balaban J connectivity index is 0.000000136. The van der Waals surface area contributed by atoms with Crippen molar-refractivity contribution >= 4 is 28.5 Å². The number of rotatable bonds is 2. The molecule has 8 rings (SSSR count). The Morgan fingerprint density at radius 2 is 0.907 bits per heavy atom. The second-order valence-corrected chi connectivity index (χ2v) is 11.4. The van der Waals surface area contributed by atoms with Gasteiger partial charge in [0, 0.05) is 4.47 Å². The van der Waals surface area contributed by atoms with E-state index < -0.39 is 7.12 Å². The van der Waals surface area contributed by atoms with E-state index in [1.807, 2.05) is 6.07 Å². The van der Waals surface area contributed by atoms with Gasteiger partial charge >= 0.3 is 7.12 Å². The van der Waals surface area contributed by atoms with Crippen LogP contribution in [-0.2, 0) is 12.8 Å². The van der Waals surface area contributed by atoms with E-state index in [4.69, 9.17) is 10.0 Å². The van der Waals surface area contributed by atoms with E-state index in [9.17, 15) is 0 Å². The van der Waals surface area contributed by atoms with E-state index in [1.54, 1.807) is 24.3 Å². The van der Waals surface area contributed by atoms with Crippen molar-refractivity contribution in [2.24, 2.45) is 0 Å². The molecular weight excluding hydrogens is 591 g/mol. The molecule has 0 aromatic heterocycles. The van der Waals surface area contributed by atoms with Crippen LogP contribution in [0.2, 0.25) is 0 Å². The van der Waals surface area contributed by atoms with Crippen LogP contribution in [0.4, 0.5) is 0 Å². The van der Waals surface area contributed by atoms with Gasteiger partial charge < -0.3 is 10.0 Å². The van der Waals surface area contributed by atoms with Gasteiger partial charge in [0.15, 0.2) is 0 Å². The fourth-order valence-corrected chi connectivity index (χ4v) is 6.02. The van der Waals surface area contributed by atoms with Crippen LogP contribution in [0, 0.1) is 0 Å². The predicted molar refractivity (Wildman–Crippen MR) is 186 cm³/mol. The van der Waals surface area contributed by atoms with E-state index in [1.165, 1.54) is 55.6 Å². The maximum Gasteiger partial charge on any atom is 0.488 e. The first-order valence-corrected chi connectivity index (χ1v) is 14.9. The summed E-state index contributed by atoms with van der Waals surface area (Å²) in [6.45, 7) is 0. The second kappa shape index (κ2) is 13.8. The maximum atomic E-state index is 8.58. The molecule has 6 aromatic carbocycles. The summed E-state index contributed by atoms with van der Waals surface area (Å²) < 4.78 is 1.16. The molecule has 0 saturated carbocycles. The SMILES string of the molecule is Brc1ccc2c(c1)-c1ccccc1C2.C.OB(O)c1ccccc1.c1ccc(-c2ccc3c(c2)-c2ccccc2C3)cc1. The van der Waals surface area contributed by atoms with Gasteiger partial charge in [0.05, 0.1) is 0 Å². The van der Waals surface area contributed by atoms with Gasteiger partial charge in [-0.05, 0) is 92.1 Å². The van der Waals surface area contributed by atoms with E-state index in [0.29, 0.717) is 5.46 Å². The van der Waals surface area contributed by atoms with Gasteiger partial charge in [-0.3, -0.25) is 0 Å². The molecule has 0 radical (unpaired) electrons. The highest BCUT2D eigenvalue weighted by molar-refractivity contribution is 9.10. The van der Waals surface area contributed by atoms with Crippen molar-refractivity contribution < 1.29 is 10.0 Å². The topological polar surface area (TPSA) is 40.5 Å². The van der Waals surface area contributed by atoms with Crippen molar-refractivity contribution in [1.29, 1.82) is 0 Å². The minimum atomic E-state index is -1.34. The highest BCUT2D eigenvalue weighted by atomic mass is 79.9. The zero-order valence-electron chi connectivity index (χ0n) is 23.1. The summed E-state index contributed by atoms with van der Waals surface area (Å²) in [5, 5.41) is 17.2. The zero-order valence-corrected chi connectivity index (χ0v) is 24.7. The molecule has 0 bridgehead atoms. The third-order valence-corrected chi connectivity index (χ3v) is 8.26. The van der Waals surface area contributed by atoms with Crippen molar-refractivity contribution in [1.82, 2.24) is 0 Å². The zero-order chi connectivity index (χ0) is 28.9. The van der Waals surface area contributed by atoms with Crippen LogP contribution in [0.15, 0.2) is 150 Å². The van der Waals surface area contributed by atoms with Gasteiger partial charge in [-0.2, -0.15) is 0 Å². The van der Waals surface area contributed by atoms with Crippen molar-refractivity contribution in [3.63, 3.8) is 0 Å². The van der Waals surface area contributed by atoms with Crippen molar-refractivity contribution in [2.75, 3.05) is 0 Å². The lowest BCUT2D eigenvalue weighted by molar-refractivity contribution is 0.426. The third kappa shape index (κ3) is 6.89. The molecule has 0 heterocycles. The molecule has 2 N–H and O–H groups in total. The standard InChI is InChI=1S/C19H14.C13H9Br.C6H7BO2.CH4/c1-2-6-14(7-3-1)15-10-11-17-12-16-8-4-5-9-18(16)19(17)13-15;14-11-6-5-10-7-9-3-1-2-4-12(9)13(10)8-11;8-7(9)6-4-2-1-3-5-6;/h1-11,13H,12H2;1-6,8H,7H2;1-5,8-9H;1H4. The van der Waals surface area contributed by atoms with Crippen LogP contribution >= 0.6 is 15.9 Å². The molecular formula is C39H34BBrO2. The molecule has 43 heavy (non-hydrogen) atoms. The first kappa shape index (κ1) is 30.2. The first-order chi connectivity index (χ1) is 20.6. The molecule has 2 aliphatic rings. The molecule has 0 unspecified atom stereocenters. The molecule has 0 saturated heterocycles. The Labute approximate surface area is 263 Å². The summed E-state index contributed by atoms with van der Waals surface area (Å²) in [7, 11) is -1.34. The van der Waals surface area contributed by atoms with Crippen LogP contribution in [0.1, 0.15) is 29.7 Å². The molecule has 2 nitrogen and oxygen atoms in total. The molecule has 4 heteroatoms. The second-order valence-electron chi connectivity index (χ2n) is 10.5. The Bertz CT molecular complexity index is 1820. The van der Waals surface area contributed by atoms with E-state index in [-0.39, 0.29) is 7.43 Å². The van der Waals surface area contributed by atoms with Crippen molar-refractivity contribution in [2.45, 2.75) is 20.3 Å². The number of benzene rings is 6. The summed E-state index contributed by atoms with van der Waals surface area (Å²) in [5.74, 6) is 0. The minimum Gasteiger partial charge on any atom is -0.423 e. The van der Waals surface area contributed by atoms with Crippen LogP contribution in [0.25, 0.3) is 33.4 Å². The van der Waals surface area contributed by atoms with Crippen LogP contribution in [-0.4, -0.2) is 17.2 Å². The largest absolute Gasteiger partial charge is 0.488 e. The lowest BCUT2D eigenvalue weighted by Crippen LogP contribution is -2.29. The fraction of sp³-hybridized carbons (Fsp3) is 0.0769. The Kier molecular flexibility index (Phi) is 9.73. The third-order valence-electron chi connectivity index (χ3n) is 7.76. The molecule has 2 aliphatic carbocycles. The Morgan fingerprint density at radius 3 is 1.47 bits per heavy atom. The summed E-state index contributed by atoms with van der Waals surface area (Å²) in [5.41, 5.74) is 14.5.